The molecule has 0 spiro atoms. The molecule has 0 fully saturated rings. The number of aryl methyl sites for hydroxylation is 1. The molecule has 82 valence electrons. The zero-order chi connectivity index (χ0) is 11.4. The number of allylic oxidation sites excluding steroid dienone is 5. The van der Waals surface area contributed by atoms with Crippen molar-refractivity contribution in [2.24, 2.45) is 0 Å². The molecule has 1 aromatic rings. The van der Waals surface area contributed by atoms with E-state index in [4.69, 9.17) is 0 Å². The molecular formula is C14H16N2. The Labute approximate surface area is 96.4 Å². The highest BCUT2D eigenvalue weighted by Crippen LogP contribution is 2.31. The average Bonchev–Trinajstić information content (AvgIpc) is 2.48. The zero-order valence-corrected chi connectivity index (χ0v) is 9.61. The van der Waals surface area contributed by atoms with Crippen LogP contribution in [0.5, 0.6) is 0 Å². The van der Waals surface area contributed by atoms with Crippen molar-refractivity contribution >= 4 is 5.57 Å². The van der Waals surface area contributed by atoms with E-state index in [2.05, 4.69) is 41.9 Å². The maximum absolute atomic E-state index is 4.27. The second kappa shape index (κ2) is 4.88. The summed E-state index contributed by atoms with van der Waals surface area (Å²) in [5.74, 6) is 0. The van der Waals surface area contributed by atoms with Crippen LogP contribution in [0.15, 0.2) is 42.6 Å². The van der Waals surface area contributed by atoms with Crippen LogP contribution in [-0.2, 0) is 6.42 Å². The third-order valence-electron chi connectivity index (χ3n) is 2.91. The first-order valence-electron chi connectivity index (χ1n) is 5.66. The molecule has 0 aliphatic heterocycles. The molecule has 0 radical (unpaired) electrons. The summed E-state index contributed by atoms with van der Waals surface area (Å²) in [6.45, 7) is 5.82. The standard InChI is InChI=1S/C14H16N2/c1-3-6-11-7-5-8-12-9-10-15-16-14(12)13(11)4-2/h3-4,6,9-10H,1,5,7-8H2,2H3/b11-6-,13-4+. The third kappa shape index (κ3) is 1.96. The molecule has 1 aliphatic carbocycles. The van der Waals surface area contributed by atoms with E-state index in [1.54, 1.807) is 6.20 Å². The maximum atomic E-state index is 4.27. The predicted molar refractivity (Wildman–Crippen MR) is 66.9 cm³/mol. The lowest BCUT2D eigenvalue weighted by Crippen LogP contribution is -1.97. The number of hydrogen-bond donors (Lipinski definition) is 0. The summed E-state index contributed by atoms with van der Waals surface area (Å²) < 4.78 is 0. The molecule has 0 aromatic carbocycles. The number of rotatable bonds is 1. The molecule has 0 unspecified atom stereocenters. The van der Waals surface area contributed by atoms with Gasteiger partial charge in [0.1, 0.15) is 0 Å². The molecule has 2 rings (SSSR count). The van der Waals surface area contributed by atoms with Crippen molar-refractivity contribution in [3.05, 3.63) is 53.9 Å². The van der Waals surface area contributed by atoms with Crippen molar-refractivity contribution < 1.29 is 0 Å². The Balaban J connectivity index is 2.55. The third-order valence-corrected chi connectivity index (χ3v) is 2.91. The molecule has 1 aromatic heterocycles. The summed E-state index contributed by atoms with van der Waals surface area (Å²) in [5, 5.41) is 8.26. The van der Waals surface area contributed by atoms with Crippen LogP contribution in [0.1, 0.15) is 31.0 Å². The minimum atomic E-state index is 1.04. The van der Waals surface area contributed by atoms with Crippen molar-refractivity contribution in [3.63, 3.8) is 0 Å². The van der Waals surface area contributed by atoms with Crippen LogP contribution in [-0.4, -0.2) is 10.2 Å². The Morgan fingerprint density at radius 2 is 2.25 bits per heavy atom. The van der Waals surface area contributed by atoms with Crippen LogP contribution in [0.3, 0.4) is 0 Å². The van der Waals surface area contributed by atoms with E-state index in [1.807, 2.05) is 6.08 Å². The number of fused-ring (bicyclic) bond motifs is 1. The van der Waals surface area contributed by atoms with Gasteiger partial charge >= 0.3 is 0 Å². The van der Waals surface area contributed by atoms with Gasteiger partial charge in [-0.3, -0.25) is 0 Å². The molecule has 0 saturated heterocycles. The Morgan fingerprint density at radius 3 is 3.00 bits per heavy atom. The topological polar surface area (TPSA) is 25.8 Å². The molecule has 16 heavy (non-hydrogen) atoms. The molecular weight excluding hydrogens is 196 g/mol. The molecule has 1 aliphatic rings. The van der Waals surface area contributed by atoms with Gasteiger partial charge in [-0.2, -0.15) is 10.2 Å². The summed E-state index contributed by atoms with van der Waals surface area (Å²) >= 11 is 0. The molecule has 1 heterocycles. The van der Waals surface area contributed by atoms with E-state index in [0.717, 1.165) is 25.0 Å². The van der Waals surface area contributed by atoms with Gasteiger partial charge in [-0.1, -0.05) is 24.8 Å². The Kier molecular flexibility index (Phi) is 3.30. The highest BCUT2D eigenvalue weighted by atomic mass is 15.1. The van der Waals surface area contributed by atoms with E-state index < -0.39 is 0 Å². The number of nitrogens with zero attached hydrogens (tertiary/aromatic N) is 2. The summed E-state index contributed by atoms with van der Waals surface area (Å²) in [5.41, 5.74) is 4.86. The smallest absolute Gasteiger partial charge is 0.0960 e. The zero-order valence-electron chi connectivity index (χ0n) is 9.61. The minimum absolute atomic E-state index is 1.04. The first-order valence-corrected chi connectivity index (χ1v) is 5.66. The average molecular weight is 212 g/mol. The van der Waals surface area contributed by atoms with Gasteiger partial charge in [-0.25, -0.2) is 0 Å². The molecule has 0 N–H and O–H groups in total. The molecule has 0 bridgehead atoms. The van der Waals surface area contributed by atoms with Crippen molar-refractivity contribution in [2.45, 2.75) is 26.2 Å². The molecule has 2 heteroatoms. The van der Waals surface area contributed by atoms with Gasteiger partial charge in [0.15, 0.2) is 0 Å². The van der Waals surface area contributed by atoms with E-state index in [0.29, 0.717) is 0 Å². The Hall–Kier alpha value is -1.70. The minimum Gasteiger partial charge on any atom is -0.159 e. The first kappa shape index (κ1) is 10.8. The number of aromatic nitrogens is 2. The predicted octanol–water partition coefficient (Wildman–Crippen LogP) is 3.33. The van der Waals surface area contributed by atoms with Gasteiger partial charge < -0.3 is 0 Å². The second-order valence-corrected chi connectivity index (χ2v) is 3.89. The maximum Gasteiger partial charge on any atom is 0.0960 e. The normalized spacial score (nSPS) is 20.6. The van der Waals surface area contributed by atoms with E-state index in [1.165, 1.54) is 16.7 Å². The van der Waals surface area contributed by atoms with Gasteiger partial charge in [0.25, 0.3) is 0 Å². The van der Waals surface area contributed by atoms with Crippen LogP contribution >= 0.6 is 0 Å². The lowest BCUT2D eigenvalue weighted by molar-refractivity contribution is 0.831. The fraction of sp³-hybridized carbons (Fsp3) is 0.286. The quantitative estimate of drug-likeness (QED) is 0.667. The van der Waals surface area contributed by atoms with Crippen molar-refractivity contribution in [1.29, 1.82) is 0 Å². The Morgan fingerprint density at radius 1 is 1.38 bits per heavy atom. The van der Waals surface area contributed by atoms with Crippen LogP contribution in [0, 0.1) is 0 Å². The van der Waals surface area contributed by atoms with Crippen LogP contribution in [0.4, 0.5) is 0 Å². The molecule has 0 amide bonds. The van der Waals surface area contributed by atoms with Crippen LogP contribution in [0.2, 0.25) is 0 Å². The van der Waals surface area contributed by atoms with Crippen molar-refractivity contribution in [1.82, 2.24) is 10.2 Å². The SMILES string of the molecule is C=C/C=C1/CCCc2ccnnc2/C1=C/C. The summed E-state index contributed by atoms with van der Waals surface area (Å²) in [4.78, 5) is 0. The molecule has 0 saturated carbocycles. The van der Waals surface area contributed by atoms with E-state index >= 15 is 0 Å². The highest BCUT2D eigenvalue weighted by Gasteiger charge is 2.16. The van der Waals surface area contributed by atoms with Gasteiger partial charge in [-0.15, -0.1) is 0 Å². The Bertz CT molecular complexity index is 456. The lowest BCUT2D eigenvalue weighted by atomic mass is 9.99. The fourth-order valence-corrected chi connectivity index (χ4v) is 2.18. The van der Waals surface area contributed by atoms with Crippen LogP contribution < -0.4 is 0 Å². The lowest BCUT2D eigenvalue weighted by Gasteiger charge is -2.08. The van der Waals surface area contributed by atoms with E-state index in [9.17, 15) is 0 Å². The monoisotopic (exact) mass is 212 g/mol. The number of hydrogen-bond acceptors (Lipinski definition) is 2. The van der Waals surface area contributed by atoms with Crippen LogP contribution in [0.25, 0.3) is 5.57 Å². The first-order chi connectivity index (χ1) is 7.86. The molecule has 2 nitrogen and oxygen atoms in total. The van der Waals surface area contributed by atoms with Crippen molar-refractivity contribution in [2.75, 3.05) is 0 Å². The largest absolute Gasteiger partial charge is 0.159 e. The summed E-state index contributed by atoms with van der Waals surface area (Å²) in [7, 11) is 0. The van der Waals surface area contributed by atoms with Gasteiger partial charge in [0.2, 0.25) is 0 Å². The van der Waals surface area contributed by atoms with Gasteiger partial charge in [0.05, 0.1) is 5.69 Å². The van der Waals surface area contributed by atoms with Gasteiger partial charge in [-0.05, 0) is 43.4 Å². The summed E-state index contributed by atoms with van der Waals surface area (Å²) in [6, 6.07) is 2.07. The fourth-order valence-electron chi connectivity index (χ4n) is 2.18. The van der Waals surface area contributed by atoms with E-state index in [-0.39, 0.29) is 0 Å². The summed E-state index contributed by atoms with van der Waals surface area (Å²) in [6.07, 6.45) is 11.1. The van der Waals surface area contributed by atoms with Gasteiger partial charge in [0, 0.05) is 11.8 Å². The van der Waals surface area contributed by atoms with Crippen molar-refractivity contribution in [3.8, 4) is 0 Å². The molecule has 0 atom stereocenters. The highest BCUT2D eigenvalue weighted by molar-refractivity contribution is 5.79. The second-order valence-electron chi connectivity index (χ2n) is 3.89.